The third-order valence-electron chi connectivity index (χ3n) is 3.05. The number of hydrogen-bond acceptors (Lipinski definition) is 4. The van der Waals surface area contributed by atoms with E-state index in [1.54, 1.807) is 7.05 Å². The minimum atomic E-state index is -0.806. The second-order valence-electron chi connectivity index (χ2n) is 4.31. The Morgan fingerprint density at radius 3 is 2.18 bits per heavy atom. The molecule has 0 bridgehead atoms. The van der Waals surface area contributed by atoms with Crippen LogP contribution in [0.4, 0.5) is 5.69 Å². The fourth-order valence-corrected chi connectivity index (χ4v) is 1.66. The predicted octanol–water partition coefficient (Wildman–Crippen LogP) is 1.36. The van der Waals surface area contributed by atoms with Crippen molar-refractivity contribution >= 4 is 11.7 Å². The van der Waals surface area contributed by atoms with E-state index in [0.29, 0.717) is 0 Å². The van der Waals surface area contributed by atoms with Gasteiger partial charge in [-0.25, -0.2) is 4.79 Å². The summed E-state index contributed by atoms with van der Waals surface area (Å²) in [7, 11) is 7.10. The molecule has 1 aromatic carbocycles. The molecular weight excluding hydrogens is 216 g/mol. The van der Waals surface area contributed by atoms with Gasteiger partial charge in [0.25, 0.3) is 0 Å². The van der Waals surface area contributed by atoms with Gasteiger partial charge in [0.2, 0.25) is 0 Å². The second kappa shape index (κ2) is 5.19. The second-order valence-corrected chi connectivity index (χ2v) is 4.31. The van der Waals surface area contributed by atoms with Crippen LogP contribution in [0, 0.1) is 0 Å². The van der Waals surface area contributed by atoms with E-state index in [9.17, 15) is 4.79 Å². The lowest BCUT2D eigenvalue weighted by Crippen LogP contribution is -2.45. The number of likely N-dealkylation sites (N-methyl/N-ethyl adjacent to an activating group) is 1. The molecule has 0 heterocycles. The van der Waals surface area contributed by atoms with Gasteiger partial charge >= 0.3 is 5.97 Å². The maximum Gasteiger partial charge on any atom is 0.330 e. The van der Waals surface area contributed by atoms with E-state index in [0.717, 1.165) is 11.3 Å². The average molecular weight is 236 g/mol. The molecule has 1 N–H and O–H groups in total. The Morgan fingerprint density at radius 1 is 1.29 bits per heavy atom. The van der Waals surface area contributed by atoms with E-state index in [1.165, 1.54) is 7.11 Å². The van der Waals surface area contributed by atoms with Gasteiger partial charge in [-0.2, -0.15) is 0 Å². The summed E-state index contributed by atoms with van der Waals surface area (Å²) < 4.78 is 4.83. The maximum atomic E-state index is 11.8. The average Bonchev–Trinajstić information content (AvgIpc) is 2.36. The van der Waals surface area contributed by atoms with Crippen LogP contribution >= 0.6 is 0 Å². The van der Waals surface area contributed by atoms with Crippen molar-refractivity contribution in [3.63, 3.8) is 0 Å². The van der Waals surface area contributed by atoms with E-state index < -0.39 is 5.54 Å². The lowest BCUT2D eigenvalue weighted by molar-refractivity contribution is -0.148. The minimum absolute atomic E-state index is 0.294. The first kappa shape index (κ1) is 13.5. The number of anilines is 1. The van der Waals surface area contributed by atoms with Gasteiger partial charge < -0.3 is 15.0 Å². The van der Waals surface area contributed by atoms with Gasteiger partial charge in [0.15, 0.2) is 0 Å². The zero-order valence-corrected chi connectivity index (χ0v) is 11.1. The number of nitrogens with one attached hydrogen (secondary N) is 1. The summed E-state index contributed by atoms with van der Waals surface area (Å²) in [4.78, 5) is 13.8. The summed E-state index contributed by atoms with van der Waals surface area (Å²) in [6.07, 6.45) is 0. The summed E-state index contributed by atoms with van der Waals surface area (Å²) in [5, 5.41) is 3.01. The van der Waals surface area contributed by atoms with E-state index in [-0.39, 0.29) is 5.97 Å². The molecule has 4 nitrogen and oxygen atoms in total. The molecule has 1 atom stereocenters. The van der Waals surface area contributed by atoms with Gasteiger partial charge in [0.1, 0.15) is 5.54 Å². The number of rotatable bonds is 4. The Kier molecular flexibility index (Phi) is 4.12. The van der Waals surface area contributed by atoms with Crippen molar-refractivity contribution in [2.75, 3.05) is 33.2 Å². The molecule has 0 saturated heterocycles. The monoisotopic (exact) mass is 236 g/mol. The summed E-state index contributed by atoms with van der Waals surface area (Å²) in [5.74, 6) is -0.294. The number of hydrogen-bond donors (Lipinski definition) is 1. The van der Waals surface area contributed by atoms with E-state index >= 15 is 0 Å². The molecule has 0 spiro atoms. The van der Waals surface area contributed by atoms with Crippen LogP contribution in [0.5, 0.6) is 0 Å². The molecular formula is C13H20N2O2. The number of methoxy groups -OCH3 is 1. The fraction of sp³-hybridized carbons (Fsp3) is 0.462. The van der Waals surface area contributed by atoms with Gasteiger partial charge in [-0.15, -0.1) is 0 Å². The quantitative estimate of drug-likeness (QED) is 0.802. The lowest BCUT2D eigenvalue weighted by atomic mass is 9.92. The standard InChI is InChI=1S/C13H20N2O2/c1-13(14-2,12(16)17-5)10-6-8-11(9-7-10)15(3)4/h6-9,14H,1-5H3. The Bertz CT molecular complexity index is 387. The highest BCUT2D eigenvalue weighted by molar-refractivity contribution is 5.82. The van der Waals surface area contributed by atoms with E-state index in [1.807, 2.05) is 50.2 Å². The molecule has 0 fully saturated rings. The number of carbonyl (C=O) groups excluding carboxylic acids is 1. The maximum absolute atomic E-state index is 11.8. The normalized spacial score (nSPS) is 13.9. The van der Waals surface area contributed by atoms with Gasteiger partial charge in [-0.1, -0.05) is 12.1 Å². The molecule has 1 rings (SSSR count). The van der Waals surface area contributed by atoms with E-state index in [2.05, 4.69) is 5.32 Å². The molecule has 94 valence electrons. The first-order valence-corrected chi connectivity index (χ1v) is 5.51. The Labute approximate surface area is 103 Å². The first-order chi connectivity index (χ1) is 7.95. The van der Waals surface area contributed by atoms with Crippen LogP contribution in [0.2, 0.25) is 0 Å². The molecule has 0 aliphatic rings. The zero-order chi connectivity index (χ0) is 13.1. The Morgan fingerprint density at radius 2 is 1.82 bits per heavy atom. The summed E-state index contributed by atoms with van der Waals surface area (Å²) in [5.41, 5.74) is 1.18. The molecule has 1 unspecified atom stereocenters. The highest BCUT2D eigenvalue weighted by atomic mass is 16.5. The molecule has 1 aromatic rings. The van der Waals surface area contributed by atoms with Crippen molar-refractivity contribution in [3.05, 3.63) is 29.8 Å². The summed E-state index contributed by atoms with van der Waals surface area (Å²) in [6, 6.07) is 7.83. The van der Waals surface area contributed by atoms with Crippen LogP contribution in [0.25, 0.3) is 0 Å². The van der Waals surface area contributed by atoms with Crippen molar-refractivity contribution < 1.29 is 9.53 Å². The van der Waals surface area contributed by atoms with Gasteiger partial charge in [0.05, 0.1) is 7.11 Å². The van der Waals surface area contributed by atoms with Crippen molar-refractivity contribution in [1.29, 1.82) is 0 Å². The molecule has 0 radical (unpaired) electrons. The lowest BCUT2D eigenvalue weighted by Gasteiger charge is -2.27. The molecule has 0 aliphatic carbocycles. The highest BCUT2D eigenvalue weighted by Crippen LogP contribution is 2.24. The number of esters is 1. The number of ether oxygens (including phenoxy) is 1. The number of benzene rings is 1. The number of nitrogens with zero attached hydrogens (tertiary/aromatic N) is 1. The predicted molar refractivity (Wildman–Crippen MR) is 69.2 cm³/mol. The fourth-order valence-electron chi connectivity index (χ4n) is 1.66. The summed E-state index contributed by atoms with van der Waals surface area (Å²) in [6.45, 7) is 1.81. The molecule has 17 heavy (non-hydrogen) atoms. The zero-order valence-electron chi connectivity index (χ0n) is 11.1. The molecule has 4 heteroatoms. The number of carbonyl (C=O) groups is 1. The topological polar surface area (TPSA) is 41.6 Å². The highest BCUT2D eigenvalue weighted by Gasteiger charge is 2.34. The van der Waals surface area contributed by atoms with Crippen molar-refractivity contribution in [2.24, 2.45) is 0 Å². The van der Waals surface area contributed by atoms with Crippen LogP contribution in [0.1, 0.15) is 12.5 Å². The van der Waals surface area contributed by atoms with Crippen molar-refractivity contribution in [1.82, 2.24) is 5.32 Å². The first-order valence-electron chi connectivity index (χ1n) is 5.51. The largest absolute Gasteiger partial charge is 0.467 e. The van der Waals surface area contributed by atoms with E-state index in [4.69, 9.17) is 4.74 Å². The smallest absolute Gasteiger partial charge is 0.330 e. The third-order valence-corrected chi connectivity index (χ3v) is 3.05. The van der Waals surface area contributed by atoms with Crippen LogP contribution < -0.4 is 10.2 Å². The molecule has 0 aliphatic heterocycles. The van der Waals surface area contributed by atoms with Gasteiger partial charge in [-0.3, -0.25) is 0 Å². The van der Waals surface area contributed by atoms with Gasteiger partial charge in [-0.05, 0) is 31.7 Å². The Hall–Kier alpha value is -1.55. The van der Waals surface area contributed by atoms with Crippen LogP contribution in [-0.4, -0.2) is 34.2 Å². The van der Waals surface area contributed by atoms with Gasteiger partial charge in [0, 0.05) is 19.8 Å². The SMILES string of the molecule is CNC(C)(C(=O)OC)c1ccc(N(C)C)cc1. The molecule has 0 saturated carbocycles. The third kappa shape index (κ3) is 2.58. The van der Waals surface area contributed by atoms with Crippen molar-refractivity contribution in [2.45, 2.75) is 12.5 Å². The van der Waals surface area contributed by atoms with Crippen LogP contribution in [0.3, 0.4) is 0 Å². The molecule has 0 aromatic heterocycles. The molecule has 0 amide bonds. The van der Waals surface area contributed by atoms with Crippen LogP contribution in [0.15, 0.2) is 24.3 Å². The summed E-state index contributed by atoms with van der Waals surface area (Å²) >= 11 is 0. The Balaban J connectivity index is 3.09. The minimum Gasteiger partial charge on any atom is -0.467 e. The van der Waals surface area contributed by atoms with Crippen LogP contribution in [-0.2, 0) is 15.1 Å². The van der Waals surface area contributed by atoms with Crippen molar-refractivity contribution in [3.8, 4) is 0 Å².